The van der Waals surface area contributed by atoms with Crippen LogP contribution in [0, 0.1) is 11.3 Å². The lowest BCUT2D eigenvalue weighted by atomic mass is 9.75. The van der Waals surface area contributed by atoms with Crippen LogP contribution in [0.25, 0.3) is 0 Å². The van der Waals surface area contributed by atoms with Crippen LogP contribution in [-0.4, -0.2) is 85.6 Å². The zero-order valence-electron chi connectivity index (χ0n) is 25.8. The number of piperidine rings is 1. The number of carbonyl (C=O) groups excluding carboxylic acids is 1. The molecule has 3 aliphatic heterocycles. The highest BCUT2D eigenvalue weighted by Crippen LogP contribution is 2.42. The molecule has 3 aliphatic rings. The van der Waals surface area contributed by atoms with Gasteiger partial charge in [-0.05, 0) is 72.5 Å². The van der Waals surface area contributed by atoms with Crippen molar-refractivity contribution in [1.29, 1.82) is 5.41 Å². The van der Waals surface area contributed by atoms with Crippen molar-refractivity contribution in [2.24, 2.45) is 5.92 Å². The minimum atomic E-state index is -4.60. The van der Waals surface area contributed by atoms with E-state index >= 15 is 0 Å². The summed E-state index contributed by atoms with van der Waals surface area (Å²) in [6, 6.07) is 6.55. The first-order valence-electron chi connectivity index (χ1n) is 15.0. The van der Waals surface area contributed by atoms with Crippen molar-refractivity contribution in [3.05, 3.63) is 52.1 Å². The molecule has 5 rings (SSSR count). The second-order valence-electron chi connectivity index (χ2n) is 12.2. The van der Waals surface area contributed by atoms with Crippen molar-refractivity contribution in [3.8, 4) is 0 Å². The van der Waals surface area contributed by atoms with Crippen molar-refractivity contribution in [3.63, 3.8) is 0 Å². The van der Waals surface area contributed by atoms with E-state index in [1.807, 2.05) is 12.3 Å². The second kappa shape index (κ2) is 13.2. The number of nitrogens with zero attached hydrogens (tertiary/aromatic N) is 4. The summed E-state index contributed by atoms with van der Waals surface area (Å²) in [7, 11) is 3.50. The zero-order valence-corrected chi connectivity index (χ0v) is 26.6. The number of aromatic nitrogens is 1. The van der Waals surface area contributed by atoms with Crippen LogP contribution in [0.4, 0.5) is 24.8 Å². The molecule has 240 valence electrons. The zero-order chi connectivity index (χ0) is 31.6. The number of hydrazine groups is 1. The minimum absolute atomic E-state index is 0.0125. The highest BCUT2D eigenvalue weighted by molar-refractivity contribution is 7.98. The summed E-state index contributed by atoms with van der Waals surface area (Å²) >= 11 is 1.67. The number of amides is 1. The van der Waals surface area contributed by atoms with Crippen molar-refractivity contribution in [1.82, 2.24) is 20.3 Å². The average Bonchev–Trinajstić information content (AvgIpc) is 3.29. The molecule has 0 radical (unpaired) electrons. The number of amidine groups is 1. The standard InChI is InChI=1S/C31H42F3N7O2S/c1-20-6-5-8-40(15-20)16-21-10-23-24(25(11-21)31(32,33)34)17-41(29(23)42)28-13-22(12-27(38-28)37-7-9-44-4)30(18-43-19-30)14-26(35)39(3)36-2/h10-13,20,35-36H,5-9,14-19H2,1-4H3,(H,37,38)/t20-/m0/s1. The van der Waals surface area contributed by atoms with Crippen molar-refractivity contribution in [2.75, 3.05) is 69.2 Å². The molecule has 2 fully saturated rings. The lowest BCUT2D eigenvalue weighted by molar-refractivity contribution is -0.138. The van der Waals surface area contributed by atoms with Crippen molar-refractivity contribution < 1.29 is 22.7 Å². The number of halogens is 3. The van der Waals surface area contributed by atoms with E-state index in [9.17, 15) is 18.0 Å². The molecule has 13 heteroatoms. The number of likely N-dealkylation sites (tertiary alicyclic amines) is 1. The Kier molecular flexibility index (Phi) is 9.78. The largest absolute Gasteiger partial charge is 0.416 e. The fourth-order valence-corrected chi connectivity index (χ4v) is 6.62. The van der Waals surface area contributed by atoms with E-state index in [1.165, 1.54) is 11.0 Å². The van der Waals surface area contributed by atoms with Gasteiger partial charge in [0.1, 0.15) is 17.5 Å². The fraction of sp³-hybridized carbons (Fsp3) is 0.581. The topological polar surface area (TPSA) is 96.8 Å². The van der Waals surface area contributed by atoms with Gasteiger partial charge in [-0.1, -0.05) is 6.92 Å². The summed E-state index contributed by atoms with van der Waals surface area (Å²) in [5, 5.41) is 13.5. The van der Waals surface area contributed by atoms with Gasteiger partial charge in [0.05, 0.1) is 25.3 Å². The fourth-order valence-electron chi connectivity index (χ4n) is 6.31. The smallest absolute Gasteiger partial charge is 0.379 e. The third kappa shape index (κ3) is 6.85. The lowest BCUT2D eigenvalue weighted by Crippen LogP contribution is -2.51. The molecule has 44 heavy (non-hydrogen) atoms. The number of alkyl halides is 3. The van der Waals surface area contributed by atoms with E-state index in [0.717, 1.165) is 37.2 Å². The Morgan fingerprint density at radius 3 is 2.68 bits per heavy atom. The van der Waals surface area contributed by atoms with Crippen LogP contribution < -0.4 is 15.6 Å². The van der Waals surface area contributed by atoms with Gasteiger partial charge in [0.2, 0.25) is 0 Å². The lowest BCUT2D eigenvalue weighted by Gasteiger charge is -2.43. The van der Waals surface area contributed by atoms with Crippen LogP contribution >= 0.6 is 11.8 Å². The normalized spacial score (nSPS) is 19.9. The van der Waals surface area contributed by atoms with Gasteiger partial charge < -0.3 is 10.1 Å². The number of thioether (sulfide) groups is 1. The number of rotatable bonds is 11. The Morgan fingerprint density at radius 1 is 1.27 bits per heavy atom. The molecular weight excluding hydrogens is 591 g/mol. The first kappa shape index (κ1) is 32.5. The van der Waals surface area contributed by atoms with Gasteiger partial charge >= 0.3 is 6.18 Å². The SMILES string of the molecule is CNN(C)C(=N)CC1(c2cc(NCCSC)nc(N3Cc4c(cc(CN5CCC[C@H](C)C5)cc4C(F)(F)F)C3=O)c2)COC1. The van der Waals surface area contributed by atoms with E-state index in [4.69, 9.17) is 15.1 Å². The number of ether oxygens (including phenoxy) is 1. The number of fused-ring (bicyclic) bond motifs is 1. The van der Waals surface area contributed by atoms with E-state index in [2.05, 4.69) is 22.6 Å². The molecule has 1 aromatic heterocycles. The molecule has 1 amide bonds. The molecule has 0 aliphatic carbocycles. The van der Waals surface area contributed by atoms with Gasteiger partial charge in [-0.15, -0.1) is 0 Å². The third-order valence-electron chi connectivity index (χ3n) is 8.87. The van der Waals surface area contributed by atoms with Crippen LogP contribution in [0.2, 0.25) is 0 Å². The maximum absolute atomic E-state index is 14.4. The van der Waals surface area contributed by atoms with Gasteiger partial charge in [0.25, 0.3) is 5.91 Å². The molecule has 1 atom stereocenters. The van der Waals surface area contributed by atoms with Gasteiger partial charge in [-0.25, -0.2) is 10.4 Å². The van der Waals surface area contributed by atoms with E-state index < -0.39 is 23.1 Å². The Morgan fingerprint density at radius 2 is 2.05 bits per heavy atom. The monoisotopic (exact) mass is 633 g/mol. The Bertz CT molecular complexity index is 1380. The Hall–Kier alpha value is -2.87. The van der Waals surface area contributed by atoms with E-state index in [-0.39, 0.29) is 23.5 Å². The van der Waals surface area contributed by atoms with Gasteiger partial charge in [-0.2, -0.15) is 24.9 Å². The summed E-state index contributed by atoms with van der Waals surface area (Å²) in [6.07, 6.45) is -0.0955. The molecule has 0 bridgehead atoms. The number of pyridine rings is 1. The molecule has 0 spiro atoms. The summed E-state index contributed by atoms with van der Waals surface area (Å²) in [4.78, 5) is 22.1. The number of carbonyl (C=O) groups is 1. The maximum Gasteiger partial charge on any atom is 0.416 e. The van der Waals surface area contributed by atoms with Crippen LogP contribution in [-0.2, 0) is 29.4 Å². The molecular formula is C31H42F3N7O2S. The predicted molar refractivity (Wildman–Crippen MR) is 168 cm³/mol. The Labute approximate surface area is 261 Å². The molecule has 3 N–H and O–H groups in total. The van der Waals surface area contributed by atoms with Crippen LogP contribution in [0.15, 0.2) is 24.3 Å². The second-order valence-corrected chi connectivity index (χ2v) is 13.2. The summed E-state index contributed by atoms with van der Waals surface area (Å²) < 4.78 is 48.9. The number of benzene rings is 1. The van der Waals surface area contributed by atoms with Crippen LogP contribution in [0.5, 0.6) is 0 Å². The minimum Gasteiger partial charge on any atom is -0.379 e. The van der Waals surface area contributed by atoms with Gasteiger partial charge in [0.15, 0.2) is 0 Å². The highest BCUT2D eigenvalue weighted by atomic mass is 32.2. The Balaban J connectivity index is 1.51. The van der Waals surface area contributed by atoms with E-state index in [1.54, 1.807) is 43.0 Å². The number of nitrogens with one attached hydrogen (secondary N) is 3. The summed E-state index contributed by atoms with van der Waals surface area (Å²) in [5.74, 6) is 2.01. The first-order chi connectivity index (χ1) is 20.9. The summed E-state index contributed by atoms with van der Waals surface area (Å²) in [5.41, 5.74) is 3.07. The predicted octanol–water partition coefficient (Wildman–Crippen LogP) is 4.97. The number of anilines is 2. The number of hydrogen-bond acceptors (Lipinski definition) is 8. The molecule has 4 heterocycles. The molecule has 2 aromatic rings. The van der Waals surface area contributed by atoms with Crippen molar-refractivity contribution in [2.45, 2.75) is 50.9 Å². The molecule has 9 nitrogen and oxygen atoms in total. The maximum atomic E-state index is 14.4. The molecule has 2 saturated heterocycles. The average molecular weight is 634 g/mol. The van der Waals surface area contributed by atoms with Crippen molar-refractivity contribution >= 4 is 35.1 Å². The molecule has 1 aromatic carbocycles. The highest BCUT2D eigenvalue weighted by Gasteiger charge is 2.44. The van der Waals surface area contributed by atoms with Gasteiger partial charge in [-0.3, -0.25) is 25.0 Å². The third-order valence-corrected chi connectivity index (χ3v) is 9.48. The first-order valence-corrected chi connectivity index (χ1v) is 16.4. The molecule has 0 unspecified atom stereocenters. The number of hydrogen-bond donors (Lipinski definition) is 3. The van der Waals surface area contributed by atoms with Gasteiger partial charge in [0, 0.05) is 56.9 Å². The van der Waals surface area contributed by atoms with Crippen LogP contribution in [0.1, 0.15) is 58.8 Å². The summed E-state index contributed by atoms with van der Waals surface area (Å²) in [6.45, 7) is 5.37. The quantitative estimate of drug-likeness (QED) is 0.138. The molecule has 0 saturated carbocycles. The van der Waals surface area contributed by atoms with Crippen LogP contribution in [0.3, 0.4) is 0 Å². The van der Waals surface area contributed by atoms with E-state index in [0.29, 0.717) is 55.9 Å².